The molecule has 5 nitrogen and oxygen atoms in total. The quantitative estimate of drug-likeness (QED) is 0.839. The van der Waals surface area contributed by atoms with E-state index in [1.807, 2.05) is 4.90 Å². The highest BCUT2D eigenvalue weighted by molar-refractivity contribution is 8.14. The third-order valence-electron chi connectivity index (χ3n) is 4.11. The molecule has 1 saturated heterocycles. The van der Waals surface area contributed by atoms with Crippen LogP contribution in [0.4, 0.5) is 5.13 Å². The van der Waals surface area contributed by atoms with E-state index in [2.05, 4.69) is 30.9 Å². The molecule has 128 valence electrons. The van der Waals surface area contributed by atoms with Crippen molar-refractivity contribution in [2.24, 2.45) is 0 Å². The van der Waals surface area contributed by atoms with Gasteiger partial charge < -0.3 is 9.80 Å². The van der Waals surface area contributed by atoms with Gasteiger partial charge in [0.25, 0.3) is 0 Å². The van der Waals surface area contributed by atoms with E-state index in [1.165, 1.54) is 22.8 Å². The van der Waals surface area contributed by atoms with Crippen LogP contribution in [0.2, 0.25) is 0 Å². The Morgan fingerprint density at radius 3 is 2.58 bits per heavy atom. The Balaban J connectivity index is 1.65. The maximum Gasteiger partial charge on any atom is 0.233 e. The third kappa shape index (κ3) is 3.72. The molecule has 2 heterocycles. The number of rotatable bonds is 3. The molecule has 1 fully saturated rings. The van der Waals surface area contributed by atoms with Crippen molar-refractivity contribution in [3.8, 4) is 0 Å². The topological polar surface area (TPSA) is 53.5 Å². The van der Waals surface area contributed by atoms with E-state index in [-0.39, 0.29) is 16.8 Å². The summed E-state index contributed by atoms with van der Waals surface area (Å²) in [4.78, 5) is 31.9. The molecule has 1 aliphatic rings. The van der Waals surface area contributed by atoms with Crippen LogP contribution in [-0.2, 0) is 9.59 Å². The number of hydrogen-bond acceptors (Lipinski definition) is 6. The molecule has 0 unspecified atom stereocenters. The Kier molecular flexibility index (Phi) is 5.10. The van der Waals surface area contributed by atoms with E-state index >= 15 is 0 Å². The molecule has 0 atom stereocenters. The Morgan fingerprint density at radius 2 is 1.92 bits per heavy atom. The second-order valence-electron chi connectivity index (χ2n) is 6.07. The minimum atomic E-state index is -0.0119. The van der Waals surface area contributed by atoms with Gasteiger partial charge in [0.05, 0.1) is 16.0 Å². The van der Waals surface area contributed by atoms with Crippen molar-refractivity contribution in [3.05, 3.63) is 23.3 Å². The number of thiazole rings is 1. The highest BCUT2D eigenvalue weighted by atomic mass is 32.2. The standard InChI is InChI=1S/C17H21N3O2S2/c1-11-8-12(2)16-14(9-11)18-17(24-16)20-6-4-19(5-7-20)15(22)10-23-13(3)21/h8-9H,4-7,10H2,1-3H3. The summed E-state index contributed by atoms with van der Waals surface area (Å²) >= 11 is 2.81. The number of aryl methyl sites for hydroxylation is 2. The maximum atomic E-state index is 12.1. The van der Waals surface area contributed by atoms with Gasteiger partial charge in [-0.15, -0.1) is 0 Å². The van der Waals surface area contributed by atoms with Crippen LogP contribution >= 0.6 is 23.1 Å². The van der Waals surface area contributed by atoms with Crippen LogP contribution in [0, 0.1) is 13.8 Å². The number of fused-ring (bicyclic) bond motifs is 1. The van der Waals surface area contributed by atoms with Gasteiger partial charge in [-0.2, -0.15) is 0 Å². The number of carbonyl (C=O) groups is 2. The highest BCUT2D eigenvalue weighted by Crippen LogP contribution is 2.32. The summed E-state index contributed by atoms with van der Waals surface area (Å²) in [6.07, 6.45) is 0. The monoisotopic (exact) mass is 363 g/mol. The van der Waals surface area contributed by atoms with Crippen molar-refractivity contribution in [3.63, 3.8) is 0 Å². The minimum absolute atomic E-state index is 0.0119. The zero-order chi connectivity index (χ0) is 17.3. The molecule has 7 heteroatoms. The van der Waals surface area contributed by atoms with Crippen LogP contribution in [0.15, 0.2) is 12.1 Å². The predicted octanol–water partition coefficient (Wildman–Crippen LogP) is 2.84. The van der Waals surface area contributed by atoms with Crippen molar-refractivity contribution >= 4 is 49.5 Å². The number of aromatic nitrogens is 1. The van der Waals surface area contributed by atoms with Crippen molar-refractivity contribution in [2.45, 2.75) is 20.8 Å². The first-order valence-corrected chi connectivity index (χ1v) is 9.78. The summed E-state index contributed by atoms with van der Waals surface area (Å²) in [5, 5.41) is 1.02. The van der Waals surface area contributed by atoms with Crippen LogP contribution in [0.1, 0.15) is 18.1 Å². The molecule has 0 aliphatic carbocycles. The molecule has 3 rings (SSSR count). The summed E-state index contributed by atoms with van der Waals surface area (Å²) in [5.74, 6) is 0.292. The average molecular weight is 364 g/mol. The van der Waals surface area contributed by atoms with Crippen LogP contribution in [-0.4, -0.2) is 52.8 Å². The molecular weight excluding hydrogens is 342 g/mol. The lowest BCUT2D eigenvalue weighted by Crippen LogP contribution is -2.49. The SMILES string of the molecule is CC(=O)SCC(=O)N1CCN(c2nc3cc(C)cc(C)c3s2)CC1. The van der Waals surface area contributed by atoms with Gasteiger partial charge in [-0.05, 0) is 31.0 Å². The lowest BCUT2D eigenvalue weighted by Gasteiger charge is -2.34. The second kappa shape index (κ2) is 7.11. The molecule has 1 amide bonds. The summed E-state index contributed by atoms with van der Waals surface area (Å²) in [5.41, 5.74) is 3.56. The normalized spacial score (nSPS) is 15.1. The fraction of sp³-hybridized carbons (Fsp3) is 0.471. The first kappa shape index (κ1) is 17.2. The highest BCUT2D eigenvalue weighted by Gasteiger charge is 2.23. The smallest absolute Gasteiger partial charge is 0.233 e. The van der Waals surface area contributed by atoms with Gasteiger partial charge >= 0.3 is 0 Å². The van der Waals surface area contributed by atoms with E-state index in [4.69, 9.17) is 4.98 Å². The van der Waals surface area contributed by atoms with E-state index < -0.39 is 0 Å². The van der Waals surface area contributed by atoms with Gasteiger partial charge in [-0.1, -0.05) is 29.2 Å². The predicted molar refractivity (Wildman–Crippen MR) is 101 cm³/mol. The van der Waals surface area contributed by atoms with Gasteiger partial charge in [0.1, 0.15) is 0 Å². The number of amides is 1. The molecule has 1 aliphatic heterocycles. The Morgan fingerprint density at radius 1 is 1.21 bits per heavy atom. The first-order chi connectivity index (χ1) is 11.4. The Bertz CT molecular complexity index is 779. The number of anilines is 1. The number of benzene rings is 1. The van der Waals surface area contributed by atoms with Crippen LogP contribution in [0.25, 0.3) is 10.2 Å². The fourth-order valence-electron chi connectivity index (χ4n) is 2.90. The van der Waals surface area contributed by atoms with E-state index in [0.717, 1.165) is 35.5 Å². The van der Waals surface area contributed by atoms with Gasteiger partial charge in [0, 0.05) is 33.1 Å². The molecule has 1 aromatic carbocycles. The lowest BCUT2D eigenvalue weighted by molar-refractivity contribution is -0.128. The molecule has 0 radical (unpaired) electrons. The number of hydrogen-bond donors (Lipinski definition) is 0. The second-order valence-corrected chi connectivity index (χ2v) is 8.20. The molecule has 0 saturated carbocycles. The molecule has 0 N–H and O–H groups in total. The molecule has 24 heavy (non-hydrogen) atoms. The zero-order valence-corrected chi connectivity index (χ0v) is 15.8. The maximum absolute atomic E-state index is 12.1. The fourth-order valence-corrected chi connectivity index (χ4v) is 4.48. The van der Waals surface area contributed by atoms with Crippen molar-refractivity contribution in [1.29, 1.82) is 0 Å². The Labute approximate surface area is 150 Å². The molecule has 0 bridgehead atoms. The van der Waals surface area contributed by atoms with E-state index in [9.17, 15) is 9.59 Å². The first-order valence-electron chi connectivity index (χ1n) is 7.98. The number of nitrogens with zero attached hydrogens (tertiary/aromatic N) is 3. The van der Waals surface area contributed by atoms with Gasteiger partial charge in [-0.3, -0.25) is 9.59 Å². The molecule has 1 aromatic heterocycles. The molecule has 2 aromatic rings. The summed E-state index contributed by atoms with van der Waals surface area (Å²) in [6, 6.07) is 4.31. The molecular formula is C17H21N3O2S2. The average Bonchev–Trinajstić information content (AvgIpc) is 2.97. The van der Waals surface area contributed by atoms with Crippen LogP contribution < -0.4 is 4.90 Å². The number of thioether (sulfide) groups is 1. The van der Waals surface area contributed by atoms with Gasteiger partial charge in [-0.25, -0.2) is 4.98 Å². The van der Waals surface area contributed by atoms with Crippen LogP contribution in [0.5, 0.6) is 0 Å². The summed E-state index contributed by atoms with van der Waals surface area (Å²) in [7, 11) is 0. The third-order valence-corrected chi connectivity index (χ3v) is 6.18. The van der Waals surface area contributed by atoms with Crippen molar-refractivity contribution < 1.29 is 9.59 Å². The lowest BCUT2D eigenvalue weighted by atomic mass is 10.1. The van der Waals surface area contributed by atoms with Gasteiger partial charge in [0.2, 0.25) is 5.91 Å². The van der Waals surface area contributed by atoms with Crippen molar-refractivity contribution in [1.82, 2.24) is 9.88 Å². The summed E-state index contributed by atoms with van der Waals surface area (Å²) in [6.45, 7) is 8.65. The summed E-state index contributed by atoms with van der Waals surface area (Å²) < 4.78 is 1.24. The van der Waals surface area contributed by atoms with Crippen LogP contribution in [0.3, 0.4) is 0 Å². The Hall–Kier alpha value is -1.60. The van der Waals surface area contributed by atoms with Crippen molar-refractivity contribution in [2.75, 3.05) is 36.8 Å². The largest absolute Gasteiger partial charge is 0.345 e. The number of piperazine rings is 1. The van der Waals surface area contributed by atoms with Gasteiger partial charge in [0.15, 0.2) is 10.2 Å². The zero-order valence-electron chi connectivity index (χ0n) is 14.2. The van der Waals surface area contributed by atoms with E-state index in [0.29, 0.717) is 13.1 Å². The molecule has 0 spiro atoms. The van der Waals surface area contributed by atoms with E-state index in [1.54, 1.807) is 11.3 Å². The minimum Gasteiger partial charge on any atom is -0.345 e. The number of carbonyl (C=O) groups excluding carboxylic acids is 2.